The molecule has 1 atom stereocenters. The Bertz CT molecular complexity index is 406. The molecule has 0 spiro atoms. The first-order valence-corrected chi connectivity index (χ1v) is 7.22. The van der Waals surface area contributed by atoms with Gasteiger partial charge in [-0.1, -0.05) is 31.9 Å². The average molecular weight is 279 g/mol. The lowest BCUT2D eigenvalue weighted by molar-refractivity contribution is -0.136. The highest BCUT2D eigenvalue weighted by Crippen LogP contribution is 2.15. The maximum Gasteiger partial charge on any atom is 0.303 e. The summed E-state index contributed by atoms with van der Waals surface area (Å²) in [6, 6.07) is 8.26. The number of methoxy groups -OCH3 is 1. The van der Waals surface area contributed by atoms with Crippen molar-refractivity contribution in [3.8, 4) is 0 Å². The zero-order valence-electron chi connectivity index (χ0n) is 12.4. The molecule has 0 saturated carbocycles. The first-order chi connectivity index (χ1) is 9.65. The molecule has 1 unspecified atom stereocenters. The van der Waals surface area contributed by atoms with Gasteiger partial charge in [-0.3, -0.25) is 4.79 Å². The van der Waals surface area contributed by atoms with Gasteiger partial charge in [0.25, 0.3) is 0 Å². The summed E-state index contributed by atoms with van der Waals surface area (Å²) in [5.41, 5.74) is 2.08. The molecule has 4 nitrogen and oxygen atoms in total. The van der Waals surface area contributed by atoms with Crippen LogP contribution in [0.15, 0.2) is 24.3 Å². The molecular formula is C16H25NO3. The number of rotatable bonds is 10. The van der Waals surface area contributed by atoms with E-state index in [2.05, 4.69) is 12.2 Å². The third-order valence-corrected chi connectivity index (χ3v) is 3.20. The second-order valence-electron chi connectivity index (χ2n) is 5.03. The molecule has 1 aromatic carbocycles. The predicted molar refractivity (Wildman–Crippen MR) is 81.2 cm³/mol. The van der Waals surface area contributed by atoms with Crippen molar-refractivity contribution in [3.63, 3.8) is 0 Å². The van der Waals surface area contributed by atoms with Crippen LogP contribution in [0.2, 0.25) is 0 Å². The van der Waals surface area contributed by atoms with Crippen molar-refractivity contribution in [1.82, 2.24) is 0 Å². The topological polar surface area (TPSA) is 58.6 Å². The number of aliphatic carboxylic acids is 1. The minimum Gasteiger partial charge on any atom is -0.481 e. The van der Waals surface area contributed by atoms with E-state index in [1.54, 1.807) is 7.11 Å². The van der Waals surface area contributed by atoms with Crippen LogP contribution in [0.25, 0.3) is 0 Å². The number of aryl methyl sites for hydroxylation is 1. The number of nitrogens with one attached hydrogen (secondary N) is 1. The minimum absolute atomic E-state index is 0.167. The Labute approximate surface area is 121 Å². The Balaban J connectivity index is 2.59. The lowest BCUT2D eigenvalue weighted by Gasteiger charge is -2.19. The summed E-state index contributed by atoms with van der Waals surface area (Å²) >= 11 is 0. The van der Waals surface area contributed by atoms with E-state index in [9.17, 15) is 4.79 Å². The van der Waals surface area contributed by atoms with Crippen LogP contribution >= 0.6 is 0 Å². The van der Waals surface area contributed by atoms with Gasteiger partial charge in [0.1, 0.15) is 0 Å². The Morgan fingerprint density at radius 3 is 2.90 bits per heavy atom. The quantitative estimate of drug-likeness (QED) is 0.690. The number of hydrogen-bond acceptors (Lipinski definition) is 3. The number of anilines is 1. The number of unbranched alkanes of at least 4 members (excludes halogenated alkanes) is 1. The van der Waals surface area contributed by atoms with Crippen LogP contribution < -0.4 is 5.32 Å². The molecular weight excluding hydrogens is 254 g/mol. The number of carbonyl (C=O) groups is 1. The first-order valence-electron chi connectivity index (χ1n) is 7.22. The molecule has 0 fully saturated rings. The van der Waals surface area contributed by atoms with Crippen LogP contribution in [0.5, 0.6) is 0 Å². The van der Waals surface area contributed by atoms with Gasteiger partial charge in [-0.05, 0) is 30.5 Å². The first kappa shape index (κ1) is 16.5. The fourth-order valence-electron chi connectivity index (χ4n) is 2.15. The Morgan fingerprint density at radius 2 is 2.25 bits per heavy atom. The number of carboxylic acid groups (broad SMARTS) is 1. The van der Waals surface area contributed by atoms with E-state index in [0.29, 0.717) is 19.1 Å². The summed E-state index contributed by atoms with van der Waals surface area (Å²) < 4.78 is 5.24. The van der Waals surface area contributed by atoms with E-state index in [0.717, 1.165) is 17.7 Å². The second-order valence-corrected chi connectivity index (χ2v) is 5.03. The van der Waals surface area contributed by atoms with Crippen molar-refractivity contribution in [1.29, 1.82) is 0 Å². The lowest BCUT2D eigenvalue weighted by atomic mass is 10.1. The van der Waals surface area contributed by atoms with Crippen LogP contribution in [0, 0.1) is 0 Å². The van der Waals surface area contributed by atoms with Crippen LogP contribution in [0.4, 0.5) is 5.69 Å². The zero-order valence-corrected chi connectivity index (χ0v) is 12.4. The summed E-state index contributed by atoms with van der Waals surface area (Å²) in [5, 5.41) is 12.2. The number of ether oxygens (including phenoxy) is 1. The summed E-state index contributed by atoms with van der Waals surface area (Å²) in [6.45, 7) is 2.86. The fourth-order valence-corrected chi connectivity index (χ4v) is 2.15. The van der Waals surface area contributed by atoms with Crippen molar-refractivity contribution >= 4 is 11.7 Å². The fraction of sp³-hybridized carbons (Fsp3) is 0.562. The maximum absolute atomic E-state index is 10.6. The normalized spacial score (nSPS) is 12.1. The molecule has 0 heterocycles. The third-order valence-electron chi connectivity index (χ3n) is 3.20. The van der Waals surface area contributed by atoms with E-state index in [1.807, 2.05) is 24.3 Å². The summed E-state index contributed by atoms with van der Waals surface area (Å²) in [4.78, 5) is 10.6. The third kappa shape index (κ3) is 6.57. The number of hydrogen-bond donors (Lipinski definition) is 2. The number of benzene rings is 1. The number of carboxylic acids is 1. The smallest absolute Gasteiger partial charge is 0.303 e. The lowest BCUT2D eigenvalue weighted by Crippen LogP contribution is -2.24. The summed E-state index contributed by atoms with van der Waals surface area (Å²) in [5.74, 6) is -0.761. The Morgan fingerprint density at radius 1 is 1.45 bits per heavy atom. The van der Waals surface area contributed by atoms with Crippen molar-refractivity contribution in [2.24, 2.45) is 0 Å². The molecule has 2 N–H and O–H groups in total. The molecule has 0 aliphatic carbocycles. The highest BCUT2D eigenvalue weighted by molar-refractivity contribution is 5.67. The van der Waals surface area contributed by atoms with Gasteiger partial charge < -0.3 is 15.2 Å². The van der Waals surface area contributed by atoms with E-state index < -0.39 is 5.97 Å². The molecule has 112 valence electrons. The molecule has 0 saturated heterocycles. The largest absolute Gasteiger partial charge is 0.481 e. The van der Waals surface area contributed by atoms with Crippen LogP contribution in [0.3, 0.4) is 0 Å². The standard InChI is InChI=1S/C16H25NO3/c1-3-4-7-15(12-20-2)17-14-8-5-6-13(11-14)9-10-16(18)19/h5-6,8,11,15,17H,3-4,7,9-10,12H2,1-2H3,(H,18,19). The molecule has 4 heteroatoms. The van der Waals surface area contributed by atoms with Gasteiger partial charge in [0, 0.05) is 25.3 Å². The van der Waals surface area contributed by atoms with Crippen LogP contribution in [-0.2, 0) is 16.0 Å². The van der Waals surface area contributed by atoms with E-state index in [4.69, 9.17) is 9.84 Å². The Hall–Kier alpha value is -1.55. The van der Waals surface area contributed by atoms with Crippen LogP contribution in [-0.4, -0.2) is 30.8 Å². The SMILES string of the molecule is CCCCC(COC)Nc1cccc(CCC(=O)O)c1. The van der Waals surface area contributed by atoms with Crippen LogP contribution in [0.1, 0.15) is 38.2 Å². The zero-order chi connectivity index (χ0) is 14.8. The van der Waals surface area contributed by atoms with Gasteiger partial charge in [-0.2, -0.15) is 0 Å². The highest BCUT2D eigenvalue weighted by Gasteiger charge is 2.08. The van der Waals surface area contributed by atoms with Gasteiger partial charge in [0.05, 0.1) is 6.61 Å². The van der Waals surface area contributed by atoms with Gasteiger partial charge in [-0.15, -0.1) is 0 Å². The Kier molecular flexibility index (Phi) is 7.73. The van der Waals surface area contributed by atoms with E-state index in [1.165, 1.54) is 12.8 Å². The van der Waals surface area contributed by atoms with Gasteiger partial charge in [0.2, 0.25) is 0 Å². The van der Waals surface area contributed by atoms with Gasteiger partial charge in [0.15, 0.2) is 0 Å². The van der Waals surface area contributed by atoms with Crippen molar-refractivity contribution in [3.05, 3.63) is 29.8 Å². The summed E-state index contributed by atoms with van der Waals surface area (Å²) in [7, 11) is 1.71. The van der Waals surface area contributed by atoms with Crippen molar-refractivity contribution < 1.29 is 14.6 Å². The summed E-state index contributed by atoms with van der Waals surface area (Å²) in [6.07, 6.45) is 4.14. The molecule has 0 radical (unpaired) electrons. The molecule has 20 heavy (non-hydrogen) atoms. The van der Waals surface area contributed by atoms with E-state index in [-0.39, 0.29) is 6.42 Å². The molecule has 0 aromatic heterocycles. The van der Waals surface area contributed by atoms with Crippen molar-refractivity contribution in [2.45, 2.75) is 45.1 Å². The molecule has 0 bridgehead atoms. The average Bonchev–Trinajstić information content (AvgIpc) is 2.43. The minimum atomic E-state index is -0.761. The predicted octanol–water partition coefficient (Wildman–Crippen LogP) is 3.32. The van der Waals surface area contributed by atoms with Gasteiger partial charge in [-0.25, -0.2) is 0 Å². The molecule has 0 aliphatic heterocycles. The second kappa shape index (κ2) is 9.37. The van der Waals surface area contributed by atoms with Gasteiger partial charge >= 0.3 is 5.97 Å². The van der Waals surface area contributed by atoms with E-state index >= 15 is 0 Å². The molecule has 1 aromatic rings. The molecule has 0 amide bonds. The highest BCUT2D eigenvalue weighted by atomic mass is 16.5. The molecule has 0 aliphatic rings. The monoisotopic (exact) mass is 279 g/mol. The molecule has 1 rings (SSSR count). The maximum atomic E-state index is 10.6. The van der Waals surface area contributed by atoms with Crippen molar-refractivity contribution in [2.75, 3.05) is 19.0 Å².